The van der Waals surface area contributed by atoms with Crippen molar-refractivity contribution in [1.29, 1.82) is 0 Å². The predicted molar refractivity (Wildman–Crippen MR) is 123 cm³/mol. The minimum absolute atomic E-state index is 0.0967. The van der Waals surface area contributed by atoms with Gasteiger partial charge in [0.15, 0.2) is 11.6 Å². The summed E-state index contributed by atoms with van der Waals surface area (Å²) in [7, 11) is 4.05. The Labute approximate surface area is 185 Å². The Bertz CT molecular complexity index is 1220. The molecule has 9 heteroatoms. The summed E-state index contributed by atoms with van der Waals surface area (Å²) in [5.41, 5.74) is 4.03. The van der Waals surface area contributed by atoms with Gasteiger partial charge in [0.1, 0.15) is 11.3 Å². The van der Waals surface area contributed by atoms with Crippen molar-refractivity contribution in [1.82, 2.24) is 29.7 Å². The van der Waals surface area contributed by atoms with Gasteiger partial charge in [-0.3, -0.25) is 5.10 Å². The van der Waals surface area contributed by atoms with Gasteiger partial charge >= 0.3 is 0 Å². The molecule has 32 heavy (non-hydrogen) atoms. The molecule has 1 aliphatic rings. The van der Waals surface area contributed by atoms with Crippen LogP contribution >= 0.6 is 0 Å². The summed E-state index contributed by atoms with van der Waals surface area (Å²) >= 11 is 0. The van der Waals surface area contributed by atoms with Crippen LogP contribution in [-0.2, 0) is 6.54 Å². The first-order valence-electron chi connectivity index (χ1n) is 10.8. The van der Waals surface area contributed by atoms with Gasteiger partial charge in [0, 0.05) is 24.2 Å². The van der Waals surface area contributed by atoms with Crippen molar-refractivity contribution in [3.63, 3.8) is 0 Å². The molecule has 0 bridgehead atoms. The van der Waals surface area contributed by atoms with Crippen molar-refractivity contribution >= 4 is 23.1 Å². The molecule has 166 valence electrons. The summed E-state index contributed by atoms with van der Waals surface area (Å²) in [5, 5.41) is 19.0. The standard InChI is InChI=1S/C23H27FN8/c1-14(15-6-8-17(24)9-7-15)25-23-27-22(26-21-12-19(28-29-21)16-4-5-16)20-11-10-18(13-31(2)3)32(20)30-23/h6-12,14,16H,4-5,13H2,1-3H3,(H3,25,26,27,28,29,30). The van der Waals surface area contributed by atoms with Crippen LogP contribution in [0, 0.1) is 5.82 Å². The predicted octanol–water partition coefficient (Wildman–Crippen LogP) is 4.45. The van der Waals surface area contributed by atoms with Crippen molar-refractivity contribution in [3.05, 3.63) is 65.2 Å². The quantitative estimate of drug-likeness (QED) is 0.380. The lowest BCUT2D eigenvalue weighted by atomic mass is 10.1. The van der Waals surface area contributed by atoms with Gasteiger partial charge in [-0.25, -0.2) is 8.91 Å². The van der Waals surface area contributed by atoms with Crippen molar-refractivity contribution in [2.75, 3.05) is 24.7 Å². The zero-order valence-electron chi connectivity index (χ0n) is 18.4. The number of rotatable bonds is 8. The Hall–Kier alpha value is -3.46. The number of nitrogens with one attached hydrogen (secondary N) is 3. The maximum atomic E-state index is 13.3. The molecule has 1 fully saturated rings. The van der Waals surface area contributed by atoms with E-state index in [2.05, 4.69) is 31.8 Å². The van der Waals surface area contributed by atoms with Crippen LogP contribution in [0.4, 0.5) is 22.0 Å². The van der Waals surface area contributed by atoms with Crippen LogP contribution in [0.5, 0.6) is 0 Å². The number of hydrogen-bond donors (Lipinski definition) is 3. The summed E-state index contributed by atoms with van der Waals surface area (Å²) < 4.78 is 15.2. The number of benzene rings is 1. The highest BCUT2D eigenvalue weighted by atomic mass is 19.1. The van der Waals surface area contributed by atoms with E-state index in [1.165, 1.54) is 25.0 Å². The van der Waals surface area contributed by atoms with E-state index in [-0.39, 0.29) is 11.9 Å². The van der Waals surface area contributed by atoms with E-state index in [0.29, 0.717) is 17.7 Å². The highest BCUT2D eigenvalue weighted by Gasteiger charge is 2.25. The van der Waals surface area contributed by atoms with Gasteiger partial charge in [-0.15, -0.1) is 5.10 Å². The second kappa shape index (κ2) is 8.23. The van der Waals surface area contributed by atoms with Gasteiger partial charge < -0.3 is 15.5 Å². The summed E-state index contributed by atoms with van der Waals surface area (Å²) in [5.74, 6) is 2.23. The fourth-order valence-corrected chi connectivity index (χ4v) is 3.80. The van der Waals surface area contributed by atoms with Gasteiger partial charge in [0.25, 0.3) is 0 Å². The Morgan fingerprint density at radius 3 is 2.69 bits per heavy atom. The molecule has 0 saturated heterocycles. The molecule has 1 atom stereocenters. The number of fused-ring (bicyclic) bond motifs is 1. The Kier molecular flexibility index (Phi) is 5.26. The van der Waals surface area contributed by atoms with Crippen molar-refractivity contribution in [2.24, 2.45) is 0 Å². The second-order valence-corrected chi connectivity index (χ2v) is 8.67. The van der Waals surface area contributed by atoms with E-state index < -0.39 is 0 Å². The number of aromatic nitrogens is 5. The first-order chi connectivity index (χ1) is 15.5. The molecular weight excluding hydrogens is 407 g/mol. The van der Waals surface area contributed by atoms with E-state index in [9.17, 15) is 4.39 Å². The number of nitrogens with zero attached hydrogens (tertiary/aromatic N) is 5. The Balaban J connectivity index is 1.48. The number of H-pyrrole nitrogens is 1. The molecule has 1 aliphatic carbocycles. The molecule has 5 rings (SSSR count). The molecule has 1 aromatic carbocycles. The van der Waals surface area contributed by atoms with Gasteiger partial charge in [0.05, 0.1) is 11.7 Å². The lowest BCUT2D eigenvalue weighted by Gasteiger charge is -2.16. The molecule has 0 aliphatic heterocycles. The summed E-state index contributed by atoms with van der Waals surface area (Å²) in [6.45, 7) is 2.74. The molecule has 8 nitrogen and oxygen atoms in total. The lowest BCUT2D eigenvalue weighted by molar-refractivity contribution is 0.393. The van der Waals surface area contributed by atoms with Gasteiger partial charge in [0.2, 0.25) is 5.95 Å². The van der Waals surface area contributed by atoms with Crippen molar-refractivity contribution in [2.45, 2.75) is 38.3 Å². The van der Waals surface area contributed by atoms with Gasteiger partial charge in [-0.2, -0.15) is 10.1 Å². The number of anilines is 3. The molecule has 3 aromatic heterocycles. The highest BCUT2D eigenvalue weighted by Crippen LogP contribution is 2.39. The molecule has 0 spiro atoms. The third kappa shape index (κ3) is 4.29. The fourth-order valence-electron chi connectivity index (χ4n) is 3.80. The fraction of sp³-hybridized carbons (Fsp3) is 0.348. The van der Waals surface area contributed by atoms with Crippen LogP contribution in [0.3, 0.4) is 0 Å². The van der Waals surface area contributed by atoms with Gasteiger partial charge in [-0.05, 0) is 63.7 Å². The molecule has 3 heterocycles. The minimum atomic E-state index is -0.254. The smallest absolute Gasteiger partial charge is 0.243 e. The molecule has 1 saturated carbocycles. The molecule has 4 aromatic rings. The maximum absolute atomic E-state index is 13.3. The zero-order valence-corrected chi connectivity index (χ0v) is 18.4. The monoisotopic (exact) mass is 434 g/mol. The van der Waals surface area contributed by atoms with Crippen molar-refractivity contribution < 1.29 is 4.39 Å². The minimum Gasteiger partial charge on any atom is -0.346 e. The summed E-state index contributed by atoms with van der Waals surface area (Å²) in [6.07, 6.45) is 2.42. The van der Waals surface area contributed by atoms with Crippen LogP contribution in [0.15, 0.2) is 42.5 Å². The second-order valence-electron chi connectivity index (χ2n) is 8.67. The van der Waals surface area contributed by atoms with Crippen LogP contribution in [0.1, 0.15) is 48.7 Å². The molecule has 1 unspecified atom stereocenters. The van der Waals surface area contributed by atoms with E-state index in [1.54, 1.807) is 12.1 Å². The SMILES string of the molecule is CC(Nc1nc(Nc2cc(C3CC3)[nH]n2)c2ccc(CN(C)C)n2n1)c1ccc(F)cc1. The average Bonchev–Trinajstić information content (AvgIpc) is 3.38. The van der Waals surface area contributed by atoms with Crippen LogP contribution in [-0.4, -0.2) is 43.8 Å². The number of aromatic amines is 1. The Morgan fingerprint density at radius 2 is 1.97 bits per heavy atom. The van der Waals surface area contributed by atoms with Crippen LogP contribution < -0.4 is 10.6 Å². The normalized spacial score (nSPS) is 14.8. The third-order valence-electron chi connectivity index (χ3n) is 5.64. The zero-order chi connectivity index (χ0) is 22.2. The summed E-state index contributed by atoms with van der Waals surface area (Å²) in [6, 6.07) is 12.5. The molecular formula is C23H27FN8. The topological polar surface area (TPSA) is 86.2 Å². The largest absolute Gasteiger partial charge is 0.346 e. The maximum Gasteiger partial charge on any atom is 0.243 e. The van der Waals surface area contributed by atoms with Gasteiger partial charge in [-0.1, -0.05) is 12.1 Å². The molecule has 3 N–H and O–H groups in total. The lowest BCUT2D eigenvalue weighted by Crippen LogP contribution is -2.16. The van der Waals surface area contributed by atoms with Crippen LogP contribution in [0.2, 0.25) is 0 Å². The van der Waals surface area contributed by atoms with E-state index in [1.807, 2.05) is 37.7 Å². The van der Waals surface area contributed by atoms with E-state index in [0.717, 1.165) is 34.8 Å². The van der Waals surface area contributed by atoms with Crippen LogP contribution in [0.25, 0.3) is 5.52 Å². The molecule has 0 amide bonds. The summed E-state index contributed by atoms with van der Waals surface area (Å²) in [4.78, 5) is 6.84. The van der Waals surface area contributed by atoms with E-state index in [4.69, 9.17) is 10.1 Å². The highest BCUT2D eigenvalue weighted by molar-refractivity contribution is 5.73. The number of hydrogen-bond acceptors (Lipinski definition) is 6. The third-order valence-corrected chi connectivity index (χ3v) is 5.64. The first kappa shape index (κ1) is 20.4. The van der Waals surface area contributed by atoms with Crippen molar-refractivity contribution in [3.8, 4) is 0 Å². The Morgan fingerprint density at radius 1 is 1.19 bits per heavy atom. The number of halogens is 1. The first-order valence-corrected chi connectivity index (χ1v) is 10.8. The average molecular weight is 435 g/mol. The van der Waals surface area contributed by atoms with E-state index >= 15 is 0 Å². The molecule has 0 radical (unpaired) electrons.